The molecule has 21 heavy (non-hydrogen) atoms. The molecule has 1 saturated heterocycles. The predicted octanol–water partition coefficient (Wildman–Crippen LogP) is -0.478. The summed E-state index contributed by atoms with van der Waals surface area (Å²) in [5.74, 6) is -1.20. The fourth-order valence-corrected chi connectivity index (χ4v) is 2.28. The molecular weight excluding hydrogens is 278 g/mol. The summed E-state index contributed by atoms with van der Waals surface area (Å²) in [4.78, 5) is 35.0. The lowest BCUT2D eigenvalue weighted by Crippen LogP contribution is -2.51. The van der Waals surface area contributed by atoms with Crippen molar-refractivity contribution < 1.29 is 24.6 Å². The smallest absolute Gasteiger partial charge is 0.317 e. The monoisotopic (exact) mass is 301 g/mol. The Morgan fingerprint density at radius 3 is 2.33 bits per heavy atom. The lowest BCUT2D eigenvalue weighted by Gasteiger charge is -2.33. The van der Waals surface area contributed by atoms with Crippen molar-refractivity contribution in [1.29, 1.82) is 0 Å². The third-order valence-corrected chi connectivity index (χ3v) is 3.34. The van der Waals surface area contributed by atoms with Gasteiger partial charge in [0, 0.05) is 32.6 Å². The minimum absolute atomic E-state index is 0.0809. The number of nitrogens with zero attached hydrogens (tertiary/aromatic N) is 1. The zero-order valence-corrected chi connectivity index (χ0v) is 12.4. The Kier molecular flexibility index (Phi) is 5.95. The Balaban J connectivity index is 2.34. The van der Waals surface area contributed by atoms with E-state index in [0.717, 1.165) is 0 Å². The molecular formula is C13H23N3O5. The van der Waals surface area contributed by atoms with Gasteiger partial charge in [-0.1, -0.05) is 0 Å². The highest BCUT2D eigenvalue weighted by Gasteiger charge is 2.27. The lowest BCUT2D eigenvalue weighted by atomic mass is 10.0. The first kappa shape index (κ1) is 17.2. The largest absolute Gasteiger partial charge is 0.481 e. The van der Waals surface area contributed by atoms with Gasteiger partial charge in [-0.25, -0.2) is 4.79 Å². The molecule has 1 aliphatic heterocycles. The standard InChI is InChI=1S/C13H23N3O5/c1-9(17)15-10-3-5-16(6-4-10)12(20)14-8-13(2,21)7-11(18)19/h10,21H,3-8H2,1-2H3,(H,14,20)(H,15,17)(H,18,19). The van der Waals surface area contributed by atoms with Gasteiger partial charge in [-0.2, -0.15) is 0 Å². The molecule has 0 spiro atoms. The number of aliphatic carboxylic acids is 1. The molecule has 8 nitrogen and oxygen atoms in total. The highest BCUT2D eigenvalue weighted by atomic mass is 16.4. The van der Waals surface area contributed by atoms with Gasteiger partial charge in [0.25, 0.3) is 0 Å². The Hall–Kier alpha value is -1.83. The molecule has 3 amide bonds. The number of hydrogen-bond acceptors (Lipinski definition) is 4. The maximum absolute atomic E-state index is 11.9. The van der Waals surface area contributed by atoms with Gasteiger partial charge >= 0.3 is 12.0 Å². The van der Waals surface area contributed by atoms with Gasteiger partial charge in [0.05, 0.1) is 12.0 Å². The molecule has 1 atom stereocenters. The Morgan fingerprint density at radius 2 is 1.86 bits per heavy atom. The van der Waals surface area contributed by atoms with Crippen molar-refractivity contribution in [3.8, 4) is 0 Å². The van der Waals surface area contributed by atoms with Gasteiger partial charge in [-0.05, 0) is 19.8 Å². The molecule has 4 N–H and O–H groups in total. The maximum atomic E-state index is 11.9. The van der Waals surface area contributed by atoms with Crippen LogP contribution in [0.4, 0.5) is 4.79 Å². The van der Waals surface area contributed by atoms with Crippen LogP contribution in [-0.2, 0) is 9.59 Å². The Labute approximate surface area is 123 Å². The van der Waals surface area contributed by atoms with Crippen LogP contribution in [0.25, 0.3) is 0 Å². The molecule has 0 aromatic rings. The number of carboxylic acid groups (broad SMARTS) is 1. The third kappa shape index (κ3) is 6.44. The number of piperidine rings is 1. The van der Waals surface area contributed by atoms with Crippen LogP contribution in [0.5, 0.6) is 0 Å². The van der Waals surface area contributed by atoms with E-state index in [4.69, 9.17) is 5.11 Å². The van der Waals surface area contributed by atoms with E-state index in [9.17, 15) is 19.5 Å². The number of carbonyl (C=O) groups excluding carboxylic acids is 2. The van der Waals surface area contributed by atoms with Crippen LogP contribution in [0.2, 0.25) is 0 Å². The van der Waals surface area contributed by atoms with Crippen molar-refractivity contribution in [2.24, 2.45) is 0 Å². The van der Waals surface area contributed by atoms with Crippen LogP contribution >= 0.6 is 0 Å². The molecule has 1 rings (SSSR count). The quantitative estimate of drug-likeness (QED) is 0.547. The average molecular weight is 301 g/mol. The highest BCUT2D eigenvalue weighted by Crippen LogP contribution is 2.11. The van der Waals surface area contributed by atoms with Crippen molar-refractivity contribution in [2.75, 3.05) is 19.6 Å². The lowest BCUT2D eigenvalue weighted by molar-refractivity contribution is -0.141. The molecule has 0 saturated carbocycles. The number of rotatable bonds is 5. The number of aliphatic hydroxyl groups is 1. The first-order chi connectivity index (χ1) is 9.69. The maximum Gasteiger partial charge on any atom is 0.317 e. The molecule has 1 aliphatic rings. The molecule has 0 aromatic heterocycles. The second kappa shape index (κ2) is 7.26. The number of amides is 3. The molecule has 120 valence electrons. The van der Waals surface area contributed by atoms with E-state index in [1.54, 1.807) is 4.90 Å². The molecule has 0 aromatic carbocycles. The second-order valence-electron chi connectivity index (χ2n) is 5.69. The van der Waals surface area contributed by atoms with E-state index in [1.807, 2.05) is 0 Å². The van der Waals surface area contributed by atoms with Gasteiger partial charge in [-0.15, -0.1) is 0 Å². The van der Waals surface area contributed by atoms with Gasteiger partial charge in [0.1, 0.15) is 0 Å². The molecule has 8 heteroatoms. The first-order valence-electron chi connectivity index (χ1n) is 6.94. The van der Waals surface area contributed by atoms with Crippen LogP contribution in [0, 0.1) is 0 Å². The molecule has 1 heterocycles. The summed E-state index contributed by atoms with van der Waals surface area (Å²) >= 11 is 0. The summed E-state index contributed by atoms with van der Waals surface area (Å²) in [6.45, 7) is 3.73. The van der Waals surface area contributed by atoms with Crippen LogP contribution in [0.3, 0.4) is 0 Å². The van der Waals surface area contributed by atoms with Gasteiger partial charge in [0.2, 0.25) is 5.91 Å². The van der Waals surface area contributed by atoms with Crippen molar-refractivity contribution in [1.82, 2.24) is 15.5 Å². The van der Waals surface area contributed by atoms with Crippen molar-refractivity contribution in [3.05, 3.63) is 0 Å². The molecule has 1 fully saturated rings. The summed E-state index contributed by atoms with van der Waals surface area (Å²) in [5, 5.41) is 23.8. The third-order valence-electron chi connectivity index (χ3n) is 3.34. The second-order valence-corrected chi connectivity index (χ2v) is 5.69. The van der Waals surface area contributed by atoms with Gasteiger partial charge < -0.3 is 25.7 Å². The topological polar surface area (TPSA) is 119 Å². The van der Waals surface area contributed by atoms with Crippen molar-refractivity contribution in [2.45, 2.75) is 44.8 Å². The number of carbonyl (C=O) groups is 3. The number of nitrogens with one attached hydrogen (secondary N) is 2. The SMILES string of the molecule is CC(=O)NC1CCN(C(=O)NCC(C)(O)CC(=O)O)CC1. The number of urea groups is 1. The predicted molar refractivity (Wildman–Crippen MR) is 74.7 cm³/mol. The van der Waals surface area contributed by atoms with Crippen LogP contribution < -0.4 is 10.6 Å². The minimum atomic E-state index is -1.48. The molecule has 0 bridgehead atoms. The summed E-state index contributed by atoms with van der Waals surface area (Å²) in [7, 11) is 0. The van der Waals surface area contributed by atoms with Crippen LogP contribution in [-0.4, -0.2) is 64.3 Å². The normalized spacial score (nSPS) is 18.7. The summed E-state index contributed by atoms with van der Waals surface area (Å²) in [5.41, 5.74) is -1.48. The van der Waals surface area contributed by atoms with Crippen LogP contribution in [0.1, 0.15) is 33.1 Å². The number of carboxylic acids is 1. The fraction of sp³-hybridized carbons (Fsp3) is 0.769. The average Bonchev–Trinajstić information content (AvgIpc) is 2.34. The van der Waals surface area contributed by atoms with Crippen molar-refractivity contribution in [3.63, 3.8) is 0 Å². The minimum Gasteiger partial charge on any atom is -0.481 e. The Bertz CT molecular complexity index is 403. The highest BCUT2D eigenvalue weighted by molar-refractivity contribution is 5.75. The zero-order chi connectivity index (χ0) is 16.0. The number of likely N-dealkylation sites (tertiary alicyclic amines) is 1. The number of hydrogen-bond donors (Lipinski definition) is 4. The van der Waals surface area contributed by atoms with E-state index in [1.165, 1.54) is 13.8 Å². The summed E-state index contributed by atoms with van der Waals surface area (Å²) < 4.78 is 0. The van der Waals surface area contributed by atoms with Crippen LogP contribution in [0.15, 0.2) is 0 Å². The summed E-state index contributed by atoms with van der Waals surface area (Å²) in [6.07, 6.45) is 0.926. The van der Waals surface area contributed by atoms with E-state index < -0.39 is 18.0 Å². The van der Waals surface area contributed by atoms with E-state index in [-0.39, 0.29) is 24.5 Å². The molecule has 0 radical (unpaired) electrons. The van der Waals surface area contributed by atoms with E-state index in [2.05, 4.69) is 10.6 Å². The van der Waals surface area contributed by atoms with Gasteiger partial charge in [0.15, 0.2) is 0 Å². The zero-order valence-electron chi connectivity index (χ0n) is 12.4. The van der Waals surface area contributed by atoms with E-state index in [0.29, 0.717) is 25.9 Å². The van der Waals surface area contributed by atoms with Gasteiger partial charge in [-0.3, -0.25) is 9.59 Å². The molecule has 0 aliphatic carbocycles. The first-order valence-corrected chi connectivity index (χ1v) is 6.94. The molecule has 1 unspecified atom stereocenters. The van der Waals surface area contributed by atoms with Crippen molar-refractivity contribution >= 4 is 17.9 Å². The van der Waals surface area contributed by atoms with E-state index >= 15 is 0 Å². The summed E-state index contributed by atoms with van der Waals surface area (Å²) in [6, 6.07) is -0.247. The fourth-order valence-electron chi connectivity index (χ4n) is 2.28. The Morgan fingerprint density at radius 1 is 1.29 bits per heavy atom.